The van der Waals surface area contributed by atoms with Crippen molar-refractivity contribution in [2.45, 2.75) is 41.5 Å². The van der Waals surface area contributed by atoms with Crippen molar-refractivity contribution in [3.8, 4) is 0 Å². The number of anilines is 2. The van der Waals surface area contributed by atoms with Gasteiger partial charge in [0.05, 0.1) is 22.7 Å². The topological polar surface area (TPSA) is 48.8 Å². The third-order valence-corrected chi connectivity index (χ3v) is 5.00. The maximum atomic E-state index is 4.81. The van der Waals surface area contributed by atoms with E-state index in [0.29, 0.717) is 0 Å². The molecule has 3 aromatic carbocycles. The molecule has 3 aromatic rings. The molecule has 2 N–H and O–H groups in total. The normalized spacial score (nSPS) is 12.1. The number of nitrogens with one attached hydrogen (secondary N) is 2. The molecule has 0 fully saturated rings. The van der Waals surface area contributed by atoms with Crippen molar-refractivity contribution in [3.63, 3.8) is 0 Å². The largest absolute Gasteiger partial charge is 0.342 e. The molecule has 0 heterocycles. The molecule has 154 valence electrons. The molecule has 4 nitrogen and oxygen atoms in total. The fraction of sp³-hybridized carbons (Fsp3) is 0.231. The van der Waals surface area contributed by atoms with Crippen LogP contribution >= 0.6 is 0 Å². The number of hydrogen-bond acceptors (Lipinski definition) is 2. The molecule has 0 saturated carbocycles. The van der Waals surface area contributed by atoms with Crippen LogP contribution < -0.4 is 10.6 Å². The highest BCUT2D eigenvalue weighted by molar-refractivity contribution is 6.03. The van der Waals surface area contributed by atoms with Crippen molar-refractivity contribution in [1.29, 1.82) is 0 Å². The molecule has 0 aliphatic rings. The lowest BCUT2D eigenvalue weighted by Gasteiger charge is -2.15. The molecule has 3 rings (SSSR count). The van der Waals surface area contributed by atoms with Crippen LogP contribution in [0.25, 0.3) is 0 Å². The van der Waals surface area contributed by atoms with Crippen LogP contribution in [0.4, 0.5) is 22.7 Å². The molecule has 30 heavy (non-hydrogen) atoms. The molecule has 4 heteroatoms. The van der Waals surface area contributed by atoms with Gasteiger partial charge in [-0.2, -0.15) is 0 Å². The van der Waals surface area contributed by atoms with Crippen LogP contribution in [0.5, 0.6) is 0 Å². The number of hydrogen-bond donors (Lipinski definition) is 2. The number of benzene rings is 3. The third-order valence-electron chi connectivity index (χ3n) is 5.00. The Labute approximate surface area is 179 Å². The van der Waals surface area contributed by atoms with Crippen molar-refractivity contribution in [1.82, 2.24) is 0 Å². The van der Waals surface area contributed by atoms with Gasteiger partial charge >= 0.3 is 0 Å². The number of para-hydroxylation sites is 4. The van der Waals surface area contributed by atoms with E-state index in [2.05, 4.69) is 74.7 Å². The van der Waals surface area contributed by atoms with Gasteiger partial charge in [0.25, 0.3) is 0 Å². The summed E-state index contributed by atoms with van der Waals surface area (Å²) in [6.45, 7) is 12.3. The number of aryl methyl sites for hydroxylation is 4. The van der Waals surface area contributed by atoms with E-state index >= 15 is 0 Å². The molecule has 0 atom stereocenters. The summed E-state index contributed by atoms with van der Waals surface area (Å²) in [5.41, 5.74) is 8.61. The van der Waals surface area contributed by atoms with Crippen molar-refractivity contribution < 1.29 is 0 Å². The van der Waals surface area contributed by atoms with E-state index in [1.165, 1.54) is 22.3 Å². The summed E-state index contributed by atoms with van der Waals surface area (Å²) in [5, 5.41) is 6.88. The van der Waals surface area contributed by atoms with E-state index < -0.39 is 0 Å². The van der Waals surface area contributed by atoms with Crippen molar-refractivity contribution in [2.75, 3.05) is 10.6 Å². The summed E-state index contributed by atoms with van der Waals surface area (Å²) in [5.74, 6) is 1.68. The van der Waals surface area contributed by atoms with Gasteiger partial charge in [-0.1, -0.05) is 48.5 Å². The standard InChI is InChI=1S/C26H30N4/c1-17-11-9-12-18(2)25(17)29-21(5)27-23-15-7-8-16-24(23)28-22(6)30-26-19(3)13-10-14-20(26)4/h7-16H,1-6H3,(H,27,29)(H,28,30). The molecular weight excluding hydrogens is 368 g/mol. The first kappa shape index (κ1) is 21.3. The lowest BCUT2D eigenvalue weighted by molar-refractivity contribution is 1.31. The number of aliphatic imine (C=N–C) groups is 2. The summed E-state index contributed by atoms with van der Waals surface area (Å²) in [7, 11) is 0. The second kappa shape index (κ2) is 9.40. The molecule has 0 amide bonds. The van der Waals surface area contributed by atoms with Crippen molar-refractivity contribution >= 4 is 34.4 Å². The Hall–Kier alpha value is -3.40. The fourth-order valence-electron chi connectivity index (χ4n) is 3.45. The lowest BCUT2D eigenvalue weighted by atomic mass is 10.1. The van der Waals surface area contributed by atoms with E-state index in [1.54, 1.807) is 0 Å². The molecule has 0 radical (unpaired) electrons. The zero-order valence-corrected chi connectivity index (χ0v) is 18.7. The smallest absolute Gasteiger partial charge is 0.104 e. The van der Waals surface area contributed by atoms with Gasteiger partial charge in [-0.25, -0.2) is 9.98 Å². The minimum Gasteiger partial charge on any atom is -0.342 e. The zero-order valence-electron chi connectivity index (χ0n) is 18.7. The maximum Gasteiger partial charge on any atom is 0.104 e. The summed E-state index contributed by atoms with van der Waals surface area (Å²) in [6.07, 6.45) is 0. The highest BCUT2D eigenvalue weighted by Crippen LogP contribution is 2.27. The van der Waals surface area contributed by atoms with Crippen LogP contribution in [0.1, 0.15) is 36.1 Å². The minimum absolute atomic E-state index is 0.839. The van der Waals surface area contributed by atoms with Gasteiger partial charge in [-0.15, -0.1) is 0 Å². The third kappa shape index (κ3) is 5.15. The number of amidine groups is 2. The predicted octanol–water partition coefficient (Wildman–Crippen LogP) is 7.24. The molecule has 0 aromatic heterocycles. The van der Waals surface area contributed by atoms with Crippen molar-refractivity contribution in [2.24, 2.45) is 9.98 Å². The summed E-state index contributed by atoms with van der Waals surface area (Å²) in [4.78, 5) is 9.62. The van der Waals surface area contributed by atoms with Crippen LogP contribution in [-0.2, 0) is 0 Å². The highest BCUT2D eigenvalue weighted by atomic mass is 15.0. The summed E-state index contributed by atoms with van der Waals surface area (Å²) >= 11 is 0. The van der Waals surface area contributed by atoms with Crippen LogP contribution in [0.2, 0.25) is 0 Å². The van der Waals surface area contributed by atoms with Gasteiger partial charge in [0, 0.05) is 0 Å². The van der Waals surface area contributed by atoms with Crippen LogP contribution in [0.3, 0.4) is 0 Å². The van der Waals surface area contributed by atoms with Gasteiger partial charge in [0.2, 0.25) is 0 Å². The van der Waals surface area contributed by atoms with Crippen LogP contribution in [0.15, 0.2) is 70.6 Å². The van der Waals surface area contributed by atoms with Gasteiger partial charge in [0.1, 0.15) is 11.7 Å². The summed E-state index contributed by atoms with van der Waals surface area (Å²) in [6, 6.07) is 20.6. The maximum absolute atomic E-state index is 4.81. The Morgan fingerprint density at radius 1 is 0.533 bits per heavy atom. The van der Waals surface area contributed by atoms with Crippen molar-refractivity contribution in [3.05, 3.63) is 82.9 Å². The molecular formula is C26H30N4. The predicted molar refractivity (Wildman–Crippen MR) is 131 cm³/mol. The van der Waals surface area contributed by atoms with Crippen LogP contribution in [0, 0.1) is 27.7 Å². The Kier molecular flexibility index (Phi) is 6.68. The van der Waals surface area contributed by atoms with E-state index in [1.807, 2.05) is 38.1 Å². The van der Waals surface area contributed by atoms with Gasteiger partial charge in [-0.05, 0) is 75.9 Å². The van der Waals surface area contributed by atoms with E-state index in [0.717, 1.165) is 34.4 Å². The van der Waals surface area contributed by atoms with Crippen LogP contribution in [-0.4, -0.2) is 11.7 Å². The van der Waals surface area contributed by atoms with Gasteiger partial charge in [-0.3, -0.25) is 0 Å². The Bertz CT molecular complexity index is 981. The first-order valence-corrected chi connectivity index (χ1v) is 10.2. The number of rotatable bonds is 4. The van der Waals surface area contributed by atoms with Gasteiger partial charge in [0.15, 0.2) is 0 Å². The average Bonchev–Trinajstić information content (AvgIpc) is 2.69. The second-order valence-corrected chi connectivity index (χ2v) is 7.67. The minimum atomic E-state index is 0.839. The SMILES string of the molecule is CC(=Nc1c(C)cccc1C)Nc1ccccc1NC(C)=Nc1c(C)cccc1C. The summed E-state index contributed by atoms with van der Waals surface area (Å²) < 4.78 is 0. The average molecular weight is 399 g/mol. The van der Waals surface area contributed by atoms with E-state index in [4.69, 9.17) is 9.98 Å². The molecule has 0 bridgehead atoms. The number of nitrogens with zero attached hydrogens (tertiary/aromatic N) is 2. The molecule has 0 spiro atoms. The van der Waals surface area contributed by atoms with Gasteiger partial charge < -0.3 is 10.6 Å². The highest BCUT2D eigenvalue weighted by Gasteiger charge is 2.07. The quantitative estimate of drug-likeness (QED) is 0.359. The lowest BCUT2D eigenvalue weighted by Crippen LogP contribution is -2.13. The fourth-order valence-corrected chi connectivity index (χ4v) is 3.45. The second-order valence-electron chi connectivity index (χ2n) is 7.67. The molecule has 0 aliphatic carbocycles. The zero-order chi connectivity index (χ0) is 21.7. The first-order chi connectivity index (χ1) is 14.3. The Balaban J connectivity index is 1.84. The van der Waals surface area contributed by atoms with E-state index in [-0.39, 0.29) is 0 Å². The van der Waals surface area contributed by atoms with E-state index in [9.17, 15) is 0 Å². The first-order valence-electron chi connectivity index (χ1n) is 10.2. The molecule has 0 saturated heterocycles. The Morgan fingerprint density at radius 2 is 0.867 bits per heavy atom. The monoisotopic (exact) mass is 398 g/mol. The Morgan fingerprint density at radius 3 is 1.20 bits per heavy atom. The molecule has 0 unspecified atom stereocenters. The molecule has 0 aliphatic heterocycles.